The van der Waals surface area contributed by atoms with E-state index in [1.54, 1.807) is 0 Å². The highest BCUT2D eigenvalue weighted by atomic mass is 79.9. The van der Waals surface area contributed by atoms with Gasteiger partial charge in [-0.1, -0.05) is 15.9 Å². The summed E-state index contributed by atoms with van der Waals surface area (Å²) in [5, 5.41) is 18.4. The van der Waals surface area contributed by atoms with Gasteiger partial charge in [0.2, 0.25) is 0 Å². The van der Waals surface area contributed by atoms with Crippen LogP contribution in [-0.2, 0) is 6.61 Å². The maximum atomic E-state index is 9.48. The van der Waals surface area contributed by atoms with Crippen molar-refractivity contribution < 1.29 is 10.2 Å². The van der Waals surface area contributed by atoms with Crippen LogP contribution in [-0.4, -0.2) is 29.4 Å². The van der Waals surface area contributed by atoms with Gasteiger partial charge in [-0.25, -0.2) is 0 Å². The molecule has 1 aliphatic rings. The Morgan fingerprint density at radius 1 is 1.33 bits per heavy atom. The monoisotopic (exact) mass is 313 g/mol. The fourth-order valence-corrected chi connectivity index (χ4v) is 3.15. The molecule has 1 unspecified atom stereocenters. The summed E-state index contributed by atoms with van der Waals surface area (Å²) in [6.07, 6.45) is 4.25. The van der Waals surface area contributed by atoms with Crippen LogP contribution < -0.4 is 4.90 Å². The Kier molecular flexibility index (Phi) is 5.03. The van der Waals surface area contributed by atoms with Gasteiger partial charge in [0.05, 0.1) is 6.61 Å². The number of aliphatic hydroxyl groups is 2. The van der Waals surface area contributed by atoms with E-state index in [9.17, 15) is 5.11 Å². The highest BCUT2D eigenvalue weighted by Gasteiger charge is 2.25. The highest BCUT2D eigenvalue weighted by molar-refractivity contribution is 9.10. The Morgan fingerprint density at radius 3 is 2.89 bits per heavy atom. The van der Waals surface area contributed by atoms with Crippen molar-refractivity contribution in [2.75, 3.05) is 18.1 Å². The molecule has 1 saturated heterocycles. The van der Waals surface area contributed by atoms with Crippen LogP contribution in [0, 0.1) is 0 Å². The first-order valence-electron chi connectivity index (χ1n) is 6.53. The highest BCUT2D eigenvalue weighted by Crippen LogP contribution is 2.32. The maximum Gasteiger partial charge on any atom is 0.0702 e. The molecule has 0 aromatic heterocycles. The number of hydrogen-bond acceptors (Lipinski definition) is 3. The Hall–Kier alpha value is -0.580. The normalized spacial score (nSPS) is 19.5. The lowest BCUT2D eigenvalue weighted by Crippen LogP contribution is -2.30. The number of anilines is 1. The molecule has 0 spiro atoms. The number of nitrogens with zero attached hydrogens (tertiary/aromatic N) is 1. The van der Waals surface area contributed by atoms with E-state index in [1.807, 2.05) is 12.1 Å². The van der Waals surface area contributed by atoms with Gasteiger partial charge < -0.3 is 15.1 Å². The Bertz CT molecular complexity index is 397. The minimum Gasteiger partial charge on any atom is -0.396 e. The molecule has 1 aromatic carbocycles. The average Bonchev–Trinajstić information content (AvgIpc) is 2.84. The molecular weight excluding hydrogens is 294 g/mol. The third-order valence-electron chi connectivity index (χ3n) is 3.59. The number of aliphatic hydroxyl groups excluding tert-OH is 2. The molecule has 1 aliphatic heterocycles. The van der Waals surface area contributed by atoms with Crippen LogP contribution in [0.15, 0.2) is 22.7 Å². The zero-order valence-electron chi connectivity index (χ0n) is 10.5. The van der Waals surface area contributed by atoms with E-state index >= 15 is 0 Å². The van der Waals surface area contributed by atoms with Crippen molar-refractivity contribution in [3.8, 4) is 0 Å². The average molecular weight is 314 g/mol. The molecule has 1 atom stereocenters. The summed E-state index contributed by atoms with van der Waals surface area (Å²) in [5.41, 5.74) is 2.11. The van der Waals surface area contributed by atoms with E-state index in [4.69, 9.17) is 5.11 Å². The summed E-state index contributed by atoms with van der Waals surface area (Å²) in [6.45, 7) is 1.38. The Morgan fingerprint density at radius 2 is 2.17 bits per heavy atom. The first-order chi connectivity index (χ1) is 8.76. The second-order valence-corrected chi connectivity index (χ2v) is 5.70. The van der Waals surface area contributed by atoms with E-state index in [0.717, 1.165) is 35.1 Å². The van der Waals surface area contributed by atoms with E-state index < -0.39 is 0 Å². The molecule has 4 heteroatoms. The van der Waals surface area contributed by atoms with Crippen LogP contribution in [0.1, 0.15) is 31.2 Å². The topological polar surface area (TPSA) is 43.7 Å². The lowest BCUT2D eigenvalue weighted by atomic mass is 10.1. The van der Waals surface area contributed by atoms with Crippen LogP contribution in [0.3, 0.4) is 0 Å². The maximum absolute atomic E-state index is 9.48. The fourth-order valence-electron chi connectivity index (χ4n) is 2.74. The lowest BCUT2D eigenvalue weighted by Gasteiger charge is -2.28. The number of hydrogen-bond donors (Lipinski definition) is 2. The van der Waals surface area contributed by atoms with Crippen molar-refractivity contribution in [3.63, 3.8) is 0 Å². The minimum atomic E-state index is 0.0675. The zero-order chi connectivity index (χ0) is 13.0. The van der Waals surface area contributed by atoms with Crippen LogP contribution >= 0.6 is 15.9 Å². The van der Waals surface area contributed by atoms with Gasteiger partial charge in [0.25, 0.3) is 0 Å². The van der Waals surface area contributed by atoms with E-state index in [2.05, 4.69) is 26.9 Å². The molecule has 0 bridgehead atoms. The molecule has 2 N–H and O–H groups in total. The second kappa shape index (κ2) is 6.55. The third-order valence-corrected chi connectivity index (χ3v) is 4.09. The van der Waals surface area contributed by atoms with Crippen molar-refractivity contribution >= 4 is 21.6 Å². The molecular formula is C14H20BrNO2. The van der Waals surface area contributed by atoms with E-state index in [0.29, 0.717) is 6.04 Å². The molecule has 0 radical (unpaired) electrons. The van der Waals surface area contributed by atoms with Crippen LogP contribution in [0.2, 0.25) is 0 Å². The van der Waals surface area contributed by atoms with E-state index in [-0.39, 0.29) is 13.2 Å². The lowest BCUT2D eigenvalue weighted by molar-refractivity contribution is 0.277. The largest absolute Gasteiger partial charge is 0.396 e. The molecule has 0 saturated carbocycles. The first-order valence-corrected chi connectivity index (χ1v) is 7.32. The molecule has 0 amide bonds. The molecule has 100 valence electrons. The number of benzene rings is 1. The quantitative estimate of drug-likeness (QED) is 0.878. The molecule has 1 heterocycles. The van der Waals surface area contributed by atoms with Gasteiger partial charge in [-0.05, 0) is 43.9 Å². The summed E-state index contributed by atoms with van der Waals surface area (Å²) in [6, 6.07) is 6.59. The van der Waals surface area contributed by atoms with Gasteiger partial charge in [-0.15, -0.1) is 0 Å². The van der Waals surface area contributed by atoms with Gasteiger partial charge in [0, 0.05) is 34.9 Å². The predicted molar refractivity (Wildman–Crippen MR) is 76.8 cm³/mol. The fraction of sp³-hybridized carbons (Fsp3) is 0.571. The van der Waals surface area contributed by atoms with Crippen molar-refractivity contribution in [2.45, 2.75) is 38.3 Å². The van der Waals surface area contributed by atoms with Crippen molar-refractivity contribution in [3.05, 3.63) is 28.2 Å². The standard InChI is InChI=1S/C14H20BrNO2/c15-12-5-6-14(11(9-12)10-18)16-7-1-3-13(16)4-2-8-17/h5-6,9,13,17-18H,1-4,7-8,10H2. The summed E-state index contributed by atoms with van der Waals surface area (Å²) >= 11 is 3.44. The van der Waals surface area contributed by atoms with Gasteiger partial charge >= 0.3 is 0 Å². The van der Waals surface area contributed by atoms with Crippen molar-refractivity contribution in [1.29, 1.82) is 0 Å². The summed E-state index contributed by atoms with van der Waals surface area (Å²) in [4.78, 5) is 2.38. The smallest absolute Gasteiger partial charge is 0.0702 e. The third kappa shape index (κ3) is 3.05. The zero-order valence-corrected chi connectivity index (χ0v) is 12.1. The van der Waals surface area contributed by atoms with Crippen molar-refractivity contribution in [1.82, 2.24) is 0 Å². The minimum absolute atomic E-state index is 0.0675. The Labute approximate surface area is 117 Å². The van der Waals surface area contributed by atoms with Gasteiger partial charge in [-0.3, -0.25) is 0 Å². The molecule has 1 fully saturated rings. The molecule has 0 aliphatic carbocycles. The van der Waals surface area contributed by atoms with Crippen LogP contribution in [0.4, 0.5) is 5.69 Å². The van der Waals surface area contributed by atoms with Gasteiger partial charge in [0.1, 0.15) is 0 Å². The van der Waals surface area contributed by atoms with Crippen LogP contribution in [0.25, 0.3) is 0 Å². The molecule has 18 heavy (non-hydrogen) atoms. The molecule has 2 rings (SSSR count). The molecule has 1 aromatic rings. The van der Waals surface area contributed by atoms with E-state index in [1.165, 1.54) is 12.8 Å². The second-order valence-electron chi connectivity index (χ2n) is 4.79. The van der Waals surface area contributed by atoms with Crippen LogP contribution in [0.5, 0.6) is 0 Å². The first kappa shape index (κ1) is 13.8. The van der Waals surface area contributed by atoms with Gasteiger partial charge in [-0.2, -0.15) is 0 Å². The number of halogens is 1. The predicted octanol–water partition coefficient (Wildman–Crippen LogP) is 2.68. The Balaban J connectivity index is 2.18. The van der Waals surface area contributed by atoms with Crippen molar-refractivity contribution in [2.24, 2.45) is 0 Å². The number of rotatable bonds is 5. The summed E-state index contributed by atoms with van der Waals surface area (Å²) in [7, 11) is 0. The summed E-state index contributed by atoms with van der Waals surface area (Å²) < 4.78 is 1.00. The SMILES string of the molecule is OCCCC1CCCN1c1ccc(Br)cc1CO. The van der Waals surface area contributed by atoms with Gasteiger partial charge in [0.15, 0.2) is 0 Å². The molecule has 3 nitrogen and oxygen atoms in total. The summed E-state index contributed by atoms with van der Waals surface area (Å²) in [5.74, 6) is 0.